The number of hydrogen-bond acceptors (Lipinski definition) is 4. The number of primary amides is 1. The third-order valence-electron chi connectivity index (χ3n) is 2.47. The lowest BCUT2D eigenvalue weighted by atomic mass is 10.1. The Morgan fingerprint density at radius 2 is 2.18 bits per heavy atom. The fourth-order valence-electron chi connectivity index (χ4n) is 1.77. The molecule has 17 heavy (non-hydrogen) atoms. The van der Waals surface area contributed by atoms with Crippen LogP contribution < -0.4 is 16.8 Å². The number of aromatic nitrogens is 1. The summed E-state index contributed by atoms with van der Waals surface area (Å²) in [6.07, 6.45) is 0. The minimum Gasteiger partial charge on any atom is -0.387 e. The standard InChI is InChI=1S/C11H11BrN4O/c1-15-9-6-3-2-5(12)4-7(6)16-10(13)8(9)11(14)17/h2-4H,1H3,(H2,14,17)(H3,13,15,16). The van der Waals surface area contributed by atoms with Gasteiger partial charge in [-0.15, -0.1) is 0 Å². The number of anilines is 2. The van der Waals surface area contributed by atoms with E-state index in [-0.39, 0.29) is 11.4 Å². The van der Waals surface area contributed by atoms with E-state index in [1.807, 2.05) is 18.2 Å². The molecule has 0 saturated heterocycles. The van der Waals surface area contributed by atoms with Crippen LogP contribution >= 0.6 is 15.9 Å². The highest BCUT2D eigenvalue weighted by Gasteiger charge is 2.16. The molecule has 1 heterocycles. The second kappa shape index (κ2) is 4.21. The molecule has 0 aliphatic heterocycles. The van der Waals surface area contributed by atoms with Gasteiger partial charge in [0, 0.05) is 16.9 Å². The number of amides is 1. The van der Waals surface area contributed by atoms with Crippen molar-refractivity contribution in [1.29, 1.82) is 0 Å². The van der Waals surface area contributed by atoms with E-state index < -0.39 is 5.91 Å². The molecule has 0 atom stereocenters. The van der Waals surface area contributed by atoms with Crippen LogP contribution in [0.15, 0.2) is 22.7 Å². The molecule has 1 aromatic heterocycles. The summed E-state index contributed by atoms with van der Waals surface area (Å²) in [5.41, 5.74) is 12.6. The highest BCUT2D eigenvalue weighted by atomic mass is 79.9. The van der Waals surface area contributed by atoms with Crippen LogP contribution in [0.5, 0.6) is 0 Å². The lowest BCUT2D eigenvalue weighted by Crippen LogP contribution is -2.17. The van der Waals surface area contributed by atoms with Gasteiger partial charge in [-0.25, -0.2) is 4.98 Å². The molecule has 6 heteroatoms. The first-order chi connectivity index (χ1) is 8.04. The number of carbonyl (C=O) groups excluding carboxylic acids is 1. The van der Waals surface area contributed by atoms with Gasteiger partial charge in [-0.05, 0) is 18.2 Å². The first-order valence-electron chi connectivity index (χ1n) is 4.91. The second-order valence-electron chi connectivity index (χ2n) is 3.52. The van der Waals surface area contributed by atoms with Gasteiger partial charge in [0.1, 0.15) is 11.4 Å². The number of nitrogens with one attached hydrogen (secondary N) is 1. The highest BCUT2D eigenvalue weighted by molar-refractivity contribution is 9.10. The van der Waals surface area contributed by atoms with Crippen molar-refractivity contribution < 1.29 is 4.79 Å². The smallest absolute Gasteiger partial charge is 0.254 e. The zero-order valence-corrected chi connectivity index (χ0v) is 10.7. The van der Waals surface area contributed by atoms with Crippen LogP contribution in [0.3, 0.4) is 0 Å². The van der Waals surface area contributed by atoms with Crippen LogP contribution in [0.25, 0.3) is 10.9 Å². The van der Waals surface area contributed by atoms with Gasteiger partial charge in [-0.3, -0.25) is 4.79 Å². The van der Waals surface area contributed by atoms with Crippen LogP contribution in [0, 0.1) is 0 Å². The molecule has 1 aromatic carbocycles. The Kier molecular flexibility index (Phi) is 2.89. The Morgan fingerprint density at radius 1 is 1.47 bits per heavy atom. The number of halogens is 1. The fourth-order valence-corrected chi connectivity index (χ4v) is 2.12. The summed E-state index contributed by atoms with van der Waals surface area (Å²) in [5.74, 6) is -0.461. The van der Waals surface area contributed by atoms with Crippen LogP contribution in [0.2, 0.25) is 0 Å². The summed E-state index contributed by atoms with van der Waals surface area (Å²) in [6.45, 7) is 0. The van der Waals surface area contributed by atoms with E-state index in [9.17, 15) is 4.79 Å². The number of hydrogen-bond donors (Lipinski definition) is 3. The van der Waals surface area contributed by atoms with Gasteiger partial charge in [-0.1, -0.05) is 15.9 Å². The lowest BCUT2D eigenvalue weighted by molar-refractivity contribution is 0.100. The largest absolute Gasteiger partial charge is 0.387 e. The van der Waals surface area contributed by atoms with E-state index in [0.717, 1.165) is 9.86 Å². The molecule has 0 bridgehead atoms. The predicted octanol–water partition coefficient (Wildman–Crippen LogP) is 1.72. The highest BCUT2D eigenvalue weighted by Crippen LogP contribution is 2.30. The quantitative estimate of drug-likeness (QED) is 0.786. The van der Waals surface area contributed by atoms with Crippen LogP contribution in [-0.4, -0.2) is 17.9 Å². The number of nitrogen functional groups attached to an aromatic ring is 1. The first kappa shape index (κ1) is 11.7. The van der Waals surface area contributed by atoms with Crippen molar-refractivity contribution >= 4 is 44.2 Å². The van der Waals surface area contributed by atoms with E-state index in [1.54, 1.807) is 7.05 Å². The van der Waals surface area contributed by atoms with E-state index in [4.69, 9.17) is 11.5 Å². The molecule has 2 rings (SSSR count). The molecule has 5 N–H and O–H groups in total. The maximum atomic E-state index is 11.4. The monoisotopic (exact) mass is 294 g/mol. The van der Waals surface area contributed by atoms with E-state index in [1.165, 1.54) is 0 Å². The normalized spacial score (nSPS) is 10.5. The van der Waals surface area contributed by atoms with Crippen molar-refractivity contribution in [3.8, 4) is 0 Å². The molecule has 2 aromatic rings. The molecule has 0 saturated carbocycles. The third-order valence-corrected chi connectivity index (χ3v) is 2.97. The maximum absolute atomic E-state index is 11.4. The SMILES string of the molecule is CNc1c(C(N)=O)c(N)nc2cc(Br)ccc12. The van der Waals surface area contributed by atoms with Crippen molar-refractivity contribution in [1.82, 2.24) is 4.98 Å². The van der Waals surface area contributed by atoms with Crippen LogP contribution in [0.1, 0.15) is 10.4 Å². The lowest BCUT2D eigenvalue weighted by Gasteiger charge is -2.12. The zero-order chi connectivity index (χ0) is 12.6. The Labute approximate surface area is 106 Å². The number of carbonyl (C=O) groups is 1. The first-order valence-corrected chi connectivity index (χ1v) is 5.70. The molecule has 0 unspecified atom stereocenters. The number of benzene rings is 1. The van der Waals surface area contributed by atoms with Gasteiger partial charge in [0.25, 0.3) is 5.91 Å². The van der Waals surface area contributed by atoms with Crippen molar-refractivity contribution in [3.05, 3.63) is 28.2 Å². The molecule has 0 spiro atoms. The summed E-state index contributed by atoms with van der Waals surface area (Å²) in [4.78, 5) is 15.5. The van der Waals surface area contributed by atoms with Crippen molar-refractivity contribution in [2.24, 2.45) is 5.73 Å². The number of pyridine rings is 1. The molecule has 1 amide bonds. The topological polar surface area (TPSA) is 94.0 Å². The summed E-state index contributed by atoms with van der Waals surface area (Å²) in [7, 11) is 1.71. The van der Waals surface area contributed by atoms with Gasteiger partial charge in [0.15, 0.2) is 0 Å². The Balaban J connectivity index is 2.90. The molecular weight excluding hydrogens is 284 g/mol. The number of nitrogens with zero attached hydrogens (tertiary/aromatic N) is 1. The molecule has 0 fully saturated rings. The molecule has 0 aliphatic carbocycles. The van der Waals surface area contributed by atoms with Crippen molar-refractivity contribution in [3.63, 3.8) is 0 Å². The van der Waals surface area contributed by atoms with Crippen LogP contribution in [-0.2, 0) is 0 Å². The summed E-state index contributed by atoms with van der Waals surface area (Å²) < 4.78 is 0.894. The minimum atomic E-state index is -0.593. The zero-order valence-electron chi connectivity index (χ0n) is 9.12. The Morgan fingerprint density at radius 3 is 2.76 bits per heavy atom. The van der Waals surface area contributed by atoms with Gasteiger partial charge in [0.05, 0.1) is 11.2 Å². The van der Waals surface area contributed by atoms with E-state index >= 15 is 0 Å². The summed E-state index contributed by atoms with van der Waals surface area (Å²) in [5, 5.41) is 3.75. The average molecular weight is 295 g/mol. The fraction of sp³-hybridized carbons (Fsp3) is 0.0909. The minimum absolute atomic E-state index is 0.132. The van der Waals surface area contributed by atoms with Gasteiger partial charge >= 0.3 is 0 Å². The number of rotatable bonds is 2. The predicted molar refractivity (Wildman–Crippen MR) is 71.9 cm³/mol. The number of fused-ring (bicyclic) bond motifs is 1. The van der Waals surface area contributed by atoms with Crippen molar-refractivity contribution in [2.45, 2.75) is 0 Å². The van der Waals surface area contributed by atoms with Gasteiger partial charge < -0.3 is 16.8 Å². The van der Waals surface area contributed by atoms with Crippen LogP contribution in [0.4, 0.5) is 11.5 Å². The molecular formula is C11H11BrN4O. The third kappa shape index (κ3) is 1.91. The van der Waals surface area contributed by atoms with Gasteiger partial charge in [-0.2, -0.15) is 0 Å². The van der Waals surface area contributed by atoms with Crippen molar-refractivity contribution in [2.75, 3.05) is 18.1 Å². The van der Waals surface area contributed by atoms with Gasteiger partial charge in [0.2, 0.25) is 0 Å². The Hall–Kier alpha value is -1.82. The average Bonchev–Trinajstić information content (AvgIpc) is 2.26. The molecule has 0 radical (unpaired) electrons. The van der Waals surface area contributed by atoms with E-state index in [0.29, 0.717) is 11.2 Å². The molecule has 0 aliphatic rings. The maximum Gasteiger partial charge on any atom is 0.254 e. The summed E-state index contributed by atoms with van der Waals surface area (Å²) in [6, 6.07) is 5.55. The second-order valence-corrected chi connectivity index (χ2v) is 4.44. The number of nitrogens with two attached hydrogens (primary N) is 2. The van der Waals surface area contributed by atoms with E-state index in [2.05, 4.69) is 26.2 Å². The summed E-state index contributed by atoms with van der Waals surface area (Å²) >= 11 is 3.36. The Bertz CT molecular complexity index is 612. The molecule has 88 valence electrons. The molecule has 5 nitrogen and oxygen atoms in total.